The van der Waals surface area contributed by atoms with Gasteiger partial charge in [0, 0.05) is 104 Å². The number of aromatic amines is 1. The summed E-state index contributed by atoms with van der Waals surface area (Å²) in [5.41, 5.74) is 19.2. The number of nitrogens with one attached hydrogen (secondary N) is 1. The molecule has 0 saturated heterocycles. The molecule has 15 nitrogen and oxygen atoms in total. The van der Waals surface area contributed by atoms with Crippen molar-refractivity contribution in [2.75, 3.05) is 20.8 Å². The zero-order valence-electron chi connectivity index (χ0n) is 73.6. The normalized spacial score (nSPS) is 12.5. The molecule has 0 saturated carbocycles. The predicted molar refractivity (Wildman–Crippen MR) is 493 cm³/mol. The van der Waals surface area contributed by atoms with Crippen LogP contribution in [0.4, 0.5) is 4.39 Å². The number of aryl methyl sites for hydroxylation is 1. The Kier molecular flexibility index (Phi) is 31.5. The largest absolute Gasteiger partial charge is 0.487 e. The van der Waals surface area contributed by atoms with E-state index in [1.807, 2.05) is 171 Å². The molecule has 16 heteroatoms. The average Bonchev–Trinajstić information content (AvgIpc) is 1.65. The lowest BCUT2D eigenvalue weighted by atomic mass is 9.72. The maximum absolute atomic E-state index is 12.6. The first kappa shape index (κ1) is 90.6. The number of rotatable bonds is 28. The van der Waals surface area contributed by atoms with Crippen LogP contribution in [0.15, 0.2) is 329 Å². The van der Waals surface area contributed by atoms with Crippen LogP contribution in [0.3, 0.4) is 0 Å². The van der Waals surface area contributed by atoms with Crippen molar-refractivity contribution in [2.45, 2.75) is 147 Å². The molecule has 4 atom stereocenters. The zero-order chi connectivity index (χ0) is 87.5. The smallest absolute Gasteiger partial charge is 0.187 e. The molecule has 6 aromatic heterocycles. The molecule has 0 radical (unpaired) electrons. The molecule has 0 aliphatic heterocycles. The van der Waals surface area contributed by atoms with Gasteiger partial charge in [0.15, 0.2) is 11.6 Å². The summed E-state index contributed by atoms with van der Waals surface area (Å²) in [7, 11) is 3.80. The summed E-state index contributed by atoms with van der Waals surface area (Å²) < 4.78 is 37.8. The molecule has 0 aliphatic rings. The van der Waals surface area contributed by atoms with Crippen LogP contribution in [0.5, 0.6) is 23.0 Å². The van der Waals surface area contributed by atoms with E-state index in [1.165, 1.54) is 44.5 Å². The molecule has 6 heterocycles. The summed E-state index contributed by atoms with van der Waals surface area (Å²) in [5.74, 6) is 4.34. The molecule has 0 bridgehead atoms. The summed E-state index contributed by atoms with van der Waals surface area (Å²) in [6.45, 7) is 30.3. The lowest BCUT2D eigenvalue weighted by Crippen LogP contribution is -2.19. The minimum Gasteiger partial charge on any atom is -0.487 e. The lowest BCUT2D eigenvalue weighted by molar-refractivity contribution is 0.101. The van der Waals surface area contributed by atoms with E-state index in [9.17, 15) is 14.0 Å². The van der Waals surface area contributed by atoms with Gasteiger partial charge in [0.2, 0.25) is 0 Å². The SMILES string of the molecule is CC(=O)c1ccc(C(c2ccc(OCc3ccccn3)cc2)C(C)(C)C)cc1.CC(C)(C)C(c1ccc(OCc2ccccn2)cc1)c1ccc(-c2ccn(CCF)n2)cc1.CC(C)(C)C(c1ccc(OCc2ccccn2)cc1)c1ccc(-c2ccn[nH]2)cc1.CN(C)/C=C/C(=O)c1ccc(C(c2ccc(OCc3ccccn3)cc2)C(C)(C)C)cc1. The van der Waals surface area contributed by atoms with E-state index < -0.39 is 6.67 Å². The van der Waals surface area contributed by atoms with Crippen molar-refractivity contribution in [1.29, 1.82) is 0 Å². The van der Waals surface area contributed by atoms with E-state index in [4.69, 9.17) is 18.9 Å². The monoisotopic (exact) mass is 1640 g/mol. The molecular weight excluding hydrogens is 1530 g/mol. The van der Waals surface area contributed by atoms with Crippen molar-refractivity contribution < 1.29 is 32.9 Å². The van der Waals surface area contributed by atoms with Crippen molar-refractivity contribution in [3.05, 3.63) is 407 Å². The lowest BCUT2D eigenvalue weighted by Gasteiger charge is -2.32. The second kappa shape index (κ2) is 42.8. The van der Waals surface area contributed by atoms with Crippen LogP contribution in [0.2, 0.25) is 0 Å². The molecule has 14 aromatic rings. The van der Waals surface area contributed by atoms with E-state index in [2.05, 4.69) is 252 Å². The second-order valence-corrected chi connectivity index (χ2v) is 35.2. The van der Waals surface area contributed by atoms with Gasteiger partial charge in [-0.3, -0.25) is 39.3 Å². The van der Waals surface area contributed by atoms with Gasteiger partial charge in [0.25, 0.3) is 0 Å². The zero-order valence-corrected chi connectivity index (χ0v) is 73.6. The second-order valence-electron chi connectivity index (χ2n) is 35.2. The van der Waals surface area contributed by atoms with Crippen LogP contribution in [0.25, 0.3) is 22.5 Å². The summed E-state index contributed by atoms with van der Waals surface area (Å²) in [4.78, 5) is 43.0. The van der Waals surface area contributed by atoms with Crippen LogP contribution in [-0.2, 0) is 33.0 Å². The quantitative estimate of drug-likeness (QED) is 0.0363. The van der Waals surface area contributed by atoms with Gasteiger partial charge in [0.05, 0.1) is 40.7 Å². The maximum atomic E-state index is 12.6. The molecule has 632 valence electrons. The van der Waals surface area contributed by atoms with Crippen molar-refractivity contribution >= 4 is 11.6 Å². The van der Waals surface area contributed by atoms with Crippen LogP contribution in [0.1, 0.15) is 202 Å². The Labute approximate surface area is 726 Å². The van der Waals surface area contributed by atoms with Gasteiger partial charge in [0.1, 0.15) is 56.1 Å². The number of aromatic nitrogens is 8. The minimum atomic E-state index is -0.416. The topological polar surface area (TPSA) is 172 Å². The highest BCUT2D eigenvalue weighted by Gasteiger charge is 2.32. The fourth-order valence-corrected chi connectivity index (χ4v) is 15.3. The third kappa shape index (κ3) is 26.9. The first-order valence-electron chi connectivity index (χ1n) is 41.9. The molecule has 0 aliphatic carbocycles. The minimum absolute atomic E-state index is 0.00645. The molecular formula is C107H116FN9O6. The number of carbonyl (C=O) groups is 2. The Bertz CT molecular complexity index is 5540. The Morgan fingerprint density at radius 1 is 0.382 bits per heavy atom. The Morgan fingerprint density at radius 2 is 0.683 bits per heavy atom. The van der Waals surface area contributed by atoms with Gasteiger partial charge >= 0.3 is 0 Å². The van der Waals surface area contributed by atoms with Crippen LogP contribution < -0.4 is 18.9 Å². The highest BCUT2D eigenvalue weighted by Crippen LogP contribution is 2.46. The first-order valence-corrected chi connectivity index (χ1v) is 41.9. The van der Waals surface area contributed by atoms with Gasteiger partial charge < -0.3 is 23.8 Å². The number of Topliss-reactive ketones (excluding diaryl/α,β-unsaturated/α-hetero) is 1. The van der Waals surface area contributed by atoms with Gasteiger partial charge in [-0.05, 0) is 188 Å². The number of hydrogen-bond acceptors (Lipinski definition) is 13. The molecule has 8 aromatic carbocycles. The first-order chi connectivity index (χ1) is 59.0. The number of hydrogen-bond donors (Lipinski definition) is 1. The van der Waals surface area contributed by atoms with Gasteiger partial charge in [-0.15, -0.1) is 0 Å². The number of alkyl halides is 1. The third-order valence-electron chi connectivity index (χ3n) is 21.0. The Hall–Kier alpha value is -13.2. The molecule has 0 fully saturated rings. The number of allylic oxidation sites excluding steroid dienone is 1. The number of pyridine rings is 4. The average molecular weight is 1640 g/mol. The van der Waals surface area contributed by atoms with Crippen LogP contribution in [0, 0.1) is 21.7 Å². The maximum Gasteiger partial charge on any atom is 0.187 e. The van der Waals surface area contributed by atoms with Crippen LogP contribution >= 0.6 is 0 Å². The molecule has 0 spiro atoms. The number of ketones is 2. The number of H-pyrrole nitrogens is 1. The molecule has 123 heavy (non-hydrogen) atoms. The fraction of sp³-hybridized carbons (Fsp3) is 0.271. The van der Waals surface area contributed by atoms with Gasteiger partial charge in [-0.1, -0.05) is 253 Å². The predicted octanol–water partition coefficient (Wildman–Crippen LogP) is 25.0. The van der Waals surface area contributed by atoms with E-state index in [1.54, 1.807) is 54.9 Å². The number of halogens is 1. The summed E-state index contributed by atoms with van der Waals surface area (Å²) in [5, 5.41) is 11.5. The number of carbonyl (C=O) groups excluding carboxylic acids is 2. The van der Waals surface area contributed by atoms with Crippen molar-refractivity contribution in [3.8, 4) is 45.5 Å². The van der Waals surface area contributed by atoms with Crippen LogP contribution in [-0.4, -0.2) is 77.2 Å². The Balaban J connectivity index is 0.000000160. The summed E-state index contributed by atoms with van der Waals surface area (Å²) in [6, 6.07) is 93.8. The molecule has 4 unspecified atom stereocenters. The summed E-state index contributed by atoms with van der Waals surface area (Å²) in [6.07, 6.45) is 14.1. The van der Waals surface area contributed by atoms with Crippen molar-refractivity contribution in [3.63, 3.8) is 0 Å². The third-order valence-corrected chi connectivity index (χ3v) is 21.0. The standard InChI is InChI=1S/C28H30FN3O.C28H32N2O2.C26H27N3O.C25H27NO2/c1-28(2,3)27(22-9-7-21(8-10-22)26-15-18-32(31-26)19-16-29)23-11-13-25(14-12-23)33-20-24-6-4-5-17-30-24;1-28(2,3)27(22-11-9-21(10-12-22)26(31)17-19-30(4)5)23-13-15-25(16-14-23)32-20-24-8-6-7-18-29-24;1-26(2,3)25(20-9-7-19(8-10-20)24-15-17-28-29-24)21-11-13-23(14-12-21)30-18-22-6-4-5-16-27-22;1-18(27)19-8-10-20(11-9-19)24(25(2,3)4)21-12-14-23(15-13-21)28-17-22-7-5-6-16-26-22/h4-15,17-18,27H,16,19-20H2,1-3H3;6-19,27H,20H2,1-5H3;4-17,25H,18H2,1-3H3,(H,28,29);5-16,24H,17H2,1-4H3/b;19-17+;;. The fourth-order valence-electron chi connectivity index (χ4n) is 15.3. The van der Waals surface area contributed by atoms with E-state index >= 15 is 0 Å². The van der Waals surface area contributed by atoms with Gasteiger partial charge in [-0.25, -0.2) is 4.39 Å². The highest BCUT2D eigenvalue weighted by molar-refractivity contribution is 6.04. The van der Waals surface area contributed by atoms with Gasteiger partial charge in [-0.2, -0.15) is 10.2 Å². The Morgan fingerprint density at radius 3 is 0.951 bits per heavy atom. The van der Waals surface area contributed by atoms with E-state index in [0.29, 0.717) is 32.0 Å². The van der Waals surface area contributed by atoms with Crippen molar-refractivity contribution in [1.82, 2.24) is 44.8 Å². The molecule has 0 amide bonds. The molecule has 1 N–H and O–H groups in total. The summed E-state index contributed by atoms with van der Waals surface area (Å²) >= 11 is 0. The number of benzene rings is 8. The highest BCUT2D eigenvalue weighted by atomic mass is 19.1. The number of ether oxygens (including phenoxy) is 4. The van der Waals surface area contributed by atoms with Crippen molar-refractivity contribution in [2.24, 2.45) is 21.7 Å². The van der Waals surface area contributed by atoms with E-state index in [-0.39, 0.29) is 63.4 Å². The molecule has 14 rings (SSSR count). The van der Waals surface area contributed by atoms with E-state index in [0.717, 1.165) is 73.9 Å². The number of nitrogens with zero attached hydrogens (tertiary/aromatic N) is 8.